The number of amides is 2. The maximum atomic E-state index is 15.0. The summed E-state index contributed by atoms with van der Waals surface area (Å²) in [6.07, 6.45) is 16.9. The summed E-state index contributed by atoms with van der Waals surface area (Å²) >= 11 is 0. The lowest BCUT2D eigenvalue weighted by Gasteiger charge is -2.44. The van der Waals surface area contributed by atoms with Crippen molar-refractivity contribution in [2.75, 3.05) is 11.9 Å². The molecular formula is C34H40FN3O2. The third-order valence-corrected chi connectivity index (χ3v) is 9.38. The zero-order chi connectivity index (χ0) is 27.6. The molecule has 2 fully saturated rings. The summed E-state index contributed by atoms with van der Waals surface area (Å²) in [6.45, 7) is 2.29. The summed E-state index contributed by atoms with van der Waals surface area (Å²) in [7, 11) is 0. The van der Waals surface area contributed by atoms with Gasteiger partial charge in [0.05, 0.1) is 17.5 Å². The number of anilines is 1. The number of piperidine rings is 1. The second-order valence-electron chi connectivity index (χ2n) is 12.0. The zero-order valence-corrected chi connectivity index (χ0v) is 23.4. The van der Waals surface area contributed by atoms with Gasteiger partial charge < -0.3 is 15.5 Å². The van der Waals surface area contributed by atoms with E-state index in [0.717, 1.165) is 37.1 Å². The molecule has 0 spiro atoms. The van der Waals surface area contributed by atoms with E-state index < -0.39 is 5.82 Å². The van der Waals surface area contributed by atoms with Crippen molar-refractivity contribution in [3.8, 4) is 0 Å². The summed E-state index contributed by atoms with van der Waals surface area (Å²) < 4.78 is 15.0. The average Bonchev–Trinajstić information content (AvgIpc) is 3.65. The predicted molar refractivity (Wildman–Crippen MR) is 157 cm³/mol. The molecule has 2 aromatic rings. The van der Waals surface area contributed by atoms with Crippen LogP contribution in [0.4, 0.5) is 10.1 Å². The van der Waals surface area contributed by atoms with Crippen LogP contribution < -0.4 is 10.6 Å². The standard InChI is InChI=1S/C34H40FN3O2/c1-22-7-4-13-30(35)31(22)34(40)38-20-6-12-29(33(39)37-28-19-14-23-8-5-9-25(23)21-28)32(38)24-15-17-27(18-16-24)36-26-10-2-3-11-26/h4,7,13-15,17-19,21,24,26,29,32,36H,2-3,5-6,8-12,16,20H2,1H3,(H,37,39)/t24-,29?,32?/m1/s1. The van der Waals surface area contributed by atoms with Crippen molar-refractivity contribution in [1.82, 2.24) is 10.2 Å². The fourth-order valence-corrected chi connectivity index (χ4v) is 7.31. The highest BCUT2D eigenvalue weighted by Gasteiger charge is 2.43. The molecule has 1 heterocycles. The van der Waals surface area contributed by atoms with Gasteiger partial charge in [-0.1, -0.05) is 43.2 Å². The van der Waals surface area contributed by atoms with Crippen LogP contribution in [-0.2, 0) is 17.6 Å². The summed E-state index contributed by atoms with van der Waals surface area (Å²) in [5.74, 6) is -1.29. The highest BCUT2D eigenvalue weighted by atomic mass is 19.1. The van der Waals surface area contributed by atoms with Crippen molar-refractivity contribution >= 4 is 17.5 Å². The lowest BCUT2D eigenvalue weighted by Crippen LogP contribution is -2.55. The van der Waals surface area contributed by atoms with Crippen molar-refractivity contribution in [2.24, 2.45) is 11.8 Å². The number of allylic oxidation sites excluding steroid dienone is 2. The Morgan fingerprint density at radius 2 is 1.80 bits per heavy atom. The Morgan fingerprint density at radius 3 is 2.58 bits per heavy atom. The molecule has 2 unspecified atom stereocenters. The van der Waals surface area contributed by atoms with Crippen LogP contribution in [0.5, 0.6) is 0 Å². The van der Waals surface area contributed by atoms with Gasteiger partial charge >= 0.3 is 0 Å². The maximum Gasteiger partial charge on any atom is 0.257 e. The van der Waals surface area contributed by atoms with Crippen LogP contribution >= 0.6 is 0 Å². The van der Waals surface area contributed by atoms with Crippen LogP contribution in [0, 0.1) is 24.6 Å². The molecule has 2 amide bonds. The van der Waals surface area contributed by atoms with E-state index in [1.807, 2.05) is 6.07 Å². The van der Waals surface area contributed by atoms with Gasteiger partial charge in [-0.05, 0) is 99.3 Å². The molecule has 3 aliphatic carbocycles. The predicted octanol–water partition coefficient (Wildman–Crippen LogP) is 6.47. The van der Waals surface area contributed by atoms with Gasteiger partial charge in [0.1, 0.15) is 5.82 Å². The number of hydrogen-bond acceptors (Lipinski definition) is 3. The van der Waals surface area contributed by atoms with Crippen molar-refractivity contribution < 1.29 is 14.0 Å². The number of carbonyl (C=O) groups is 2. The second-order valence-corrected chi connectivity index (χ2v) is 12.0. The van der Waals surface area contributed by atoms with Gasteiger partial charge in [0.2, 0.25) is 5.91 Å². The number of nitrogens with zero attached hydrogens (tertiary/aromatic N) is 1. The molecule has 5 nitrogen and oxygen atoms in total. The van der Waals surface area contributed by atoms with Gasteiger partial charge in [0, 0.05) is 29.9 Å². The number of nitrogens with one attached hydrogen (secondary N) is 2. The largest absolute Gasteiger partial charge is 0.383 e. The number of halogens is 1. The molecule has 6 rings (SSSR count). The fraction of sp³-hybridized carbons (Fsp3) is 0.471. The molecule has 6 heteroatoms. The van der Waals surface area contributed by atoms with Crippen LogP contribution in [0.1, 0.15) is 78.4 Å². The summed E-state index contributed by atoms with van der Waals surface area (Å²) in [6, 6.07) is 11.2. The Bertz CT molecular complexity index is 1320. The highest BCUT2D eigenvalue weighted by molar-refractivity contribution is 5.98. The molecule has 4 aliphatic rings. The van der Waals surface area contributed by atoms with Gasteiger partial charge in [-0.15, -0.1) is 0 Å². The summed E-state index contributed by atoms with van der Waals surface area (Å²) in [5, 5.41) is 6.85. The second kappa shape index (κ2) is 11.6. The molecule has 2 aromatic carbocycles. The quantitative estimate of drug-likeness (QED) is 0.440. The summed E-state index contributed by atoms with van der Waals surface area (Å²) in [5.41, 5.74) is 5.36. The van der Waals surface area contributed by atoms with Crippen LogP contribution in [0.25, 0.3) is 0 Å². The van der Waals surface area contributed by atoms with Gasteiger partial charge in [-0.2, -0.15) is 0 Å². The molecule has 3 atom stereocenters. The van der Waals surface area contributed by atoms with E-state index >= 15 is 0 Å². The Labute approximate surface area is 236 Å². The first-order valence-corrected chi connectivity index (χ1v) is 15.1. The number of hydrogen-bond donors (Lipinski definition) is 2. The Kier molecular flexibility index (Phi) is 7.77. The molecule has 0 bridgehead atoms. The highest BCUT2D eigenvalue weighted by Crippen LogP contribution is 2.36. The smallest absolute Gasteiger partial charge is 0.257 e. The number of fused-ring (bicyclic) bond motifs is 1. The van der Waals surface area contributed by atoms with Crippen molar-refractivity contribution in [1.29, 1.82) is 0 Å². The number of rotatable bonds is 6. The van der Waals surface area contributed by atoms with E-state index in [1.54, 1.807) is 24.0 Å². The van der Waals surface area contributed by atoms with E-state index in [-0.39, 0.29) is 35.3 Å². The van der Waals surface area contributed by atoms with E-state index in [0.29, 0.717) is 31.0 Å². The minimum atomic E-state index is -0.504. The molecule has 1 saturated heterocycles. The van der Waals surface area contributed by atoms with Crippen molar-refractivity contribution in [2.45, 2.75) is 83.2 Å². The van der Waals surface area contributed by atoms with Gasteiger partial charge in [0.25, 0.3) is 5.91 Å². The molecule has 40 heavy (non-hydrogen) atoms. The molecule has 2 N–H and O–H groups in total. The fourth-order valence-electron chi connectivity index (χ4n) is 7.31. The first-order valence-electron chi connectivity index (χ1n) is 15.1. The van der Waals surface area contributed by atoms with Crippen molar-refractivity contribution in [3.05, 3.63) is 88.4 Å². The average molecular weight is 542 g/mol. The monoisotopic (exact) mass is 541 g/mol. The normalized spacial score (nSPS) is 24.5. The first-order chi connectivity index (χ1) is 19.5. The maximum absolute atomic E-state index is 15.0. The number of likely N-dealkylation sites (tertiary alicyclic amines) is 1. The molecular weight excluding hydrogens is 501 g/mol. The summed E-state index contributed by atoms with van der Waals surface area (Å²) in [4.78, 5) is 29.6. The molecule has 1 saturated carbocycles. The van der Waals surface area contributed by atoms with Crippen LogP contribution in [-0.4, -0.2) is 35.3 Å². The van der Waals surface area contributed by atoms with Gasteiger partial charge in [-0.3, -0.25) is 9.59 Å². The molecule has 0 radical (unpaired) electrons. The first kappa shape index (κ1) is 26.8. The van der Waals surface area contributed by atoms with E-state index in [9.17, 15) is 14.0 Å². The molecule has 210 valence electrons. The number of benzene rings is 2. The van der Waals surface area contributed by atoms with Gasteiger partial charge in [0.15, 0.2) is 0 Å². The molecule has 0 aromatic heterocycles. The Hall–Kier alpha value is -3.41. The topological polar surface area (TPSA) is 61.4 Å². The van der Waals surface area contributed by atoms with Gasteiger partial charge in [-0.25, -0.2) is 4.39 Å². The third kappa shape index (κ3) is 5.45. The van der Waals surface area contributed by atoms with Crippen LogP contribution in [0.3, 0.4) is 0 Å². The number of aryl methyl sites for hydroxylation is 3. The minimum absolute atomic E-state index is 0.0266. The molecule has 1 aliphatic heterocycles. The lowest BCUT2D eigenvalue weighted by atomic mass is 9.77. The van der Waals surface area contributed by atoms with E-state index in [4.69, 9.17) is 0 Å². The van der Waals surface area contributed by atoms with E-state index in [2.05, 4.69) is 41.0 Å². The van der Waals surface area contributed by atoms with Crippen LogP contribution in [0.15, 0.2) is 60.3 Å². The van der Waals surface area contributed by atoms with Crippen molar-refractivity contribution in [3.63, 3.8) is 0 Å². The van der Waals surface area contributed by atoms with Crippen LogP contribution in [0.2, 0.25) is 0 Å². The third-order valence-electron chi connectivity index (χ3n) is 9.38. The SMILES string of the molecule is Cc1cccc(F)c1C(=O)N1CCCC(C(=O)Nc2ccc3c(c2)CCC3)C1[C@@H]1C=CC(NC2CCCC2)=CC1. The number of carbonyl (C=O) groups excluding carboxylic acids is 2. The lowest BCUT2D eigenvalue weighted by molar-refractivity contribution is -0.123. The minimum Gasteiger partial charge on any atom is -0.383 e. The van der Waals surface area contributed by atoms with E-state index in [1.165, 1.54) is 42.9 Å². The Morgan fingerprint density at radius 1 is 0.975 bits per heavy atom. The Balaban J connectivity index is 1.27. The zero-order valence-electron chi connectivity index (χ0n) is 23.4.